The molecule has 0 unspecified atom stereocenters. The van der Waals surface area contributed by atoms with E-state index in [0.717, 1.165) is 13.0 Å². The quantitative estimate of drug-likeness (QED) is 0.624. The molecule has 1 saturated heterocycles. The van der Waals surface area contributed by atoms with E-state index in [1.807, 2.05) is 6.92 Å². The first-order valence-electron chi connectivity index (χ1n) is 3.65. The lowest BCUT2D eigenvalue weighted by Gasteiger charge is -2.25. The van der Waals surface area contributed by atoms with Gasteiger partial charge in [0.25, 0.3) is 0 Å². The fourth-order valence-electron chi connectivity index (χ4n) is 1.32. The van der Waals surface area contributed by atoms with Crippen molar-refractivity contribution in [1.82, 2.24) is 5.32 Å². The second-order valence-corrected chi connectivity index (χ2v) is 2.91. The van der Waals surface area contributed by atoms with Crippen LogP contribution in [0.2, 0.25) is 0 Å². The number of aliphatic carboxylic acids is 1. The maximum atomic E-state index is 10.5. The van der Waals surface area contributed by atoms with Crippen LogP contribution in [0.5, 0.6) is 0 Å². The maximum absolute atomic E-state index is 10.5. The van der Waals surface area contributed by atoms with Gasteiger partial charge in [0, 0.05) is 6.54 Å². The van der Waals surface area contributed by atoms with E-state index in [9.17, 15) is 4.79 Å². The smallest absolute Gasteiger partial charge is 0.308 e. The van der Waals surface area contributed by atoms with Crippen molar-refractivity contribution in [3.8, 4) is 0 Å². The minimum absolute atomic E-state index is 0. The van der Waals surface area contributed by atoms with Crippen molar-refractivity contribution in [2.45, 2.75) is 13.3 Å². The summed E-state index contributed by atoms with van der Waals surface area (Å²) in [6.45, 7) is 3.60. The molecular weight excluding hydrogens is 166 g/mol. The fourth-order valence-corrected chi connectivity index (χ4v) is 1.32. The van der Waals surface area contributed by atoms with Crippen molar-refractivity contribution in [2.75, 3.05) is 13.1 Å². The van der Waals surface area contributed by atoms with Crippen molar-refractivity contribution in [3.05, 3.63) is 0 Å². The first kappa shape index (κ1) is 10.7. The molecule has 1 heterocycles. The Labute approximate surface area is 72.6 Å². The van der Waals surface area contributed by atoms with Gasteiger partial charge in [-0.3, -0.25) is 4.79 Å². The van der Waals surface area contributed by atoms with Crippen molar-refractivity contribution >= 4 is 18.4 Å². The van der Waals surface area contributed by atoms with Gasteiger partial charge in [0.15, 0.2) is 0 Å². The number of hydrogen-bond acceptors (Lipinski definition) is 2. The SMILES string of the molecule is C[C@H]1CCNC[C@@H]1C(=O)O.Cl. The molecule has 0 spiro atoms. The van der Waals surface area contributed by atoms with E-state index in [0.29, 0.717) is 12.5 Å². The number of carboxylic acids is 1. The molecule has 4 heteroatoms. The predicted octanol–water partition coefficient (Wildman–Crippen LogP) is 0.738. The topological polar surface area (TPSA) is 49.3 Å². The van der Waals surface area contributed by atoms with Crippen LogP contribution in [-0.2, 0) is 4.79 Å². The summed E-state index contributed by atoms with van der Waals surface area (Å²) in [5.74, 6) is -0.507. The van der Waals surface area contributed by atoms with Gasteiger partial charge in [0.1, 0.15) is 0 Å². The fraction of sp³-hybridized carbons (Fsp3) is 0.857. The average molecular weight is 180 g/mol. The molecule has 3 nitrogen and oxygen atoms in total. The van der Waals surface area contributed by atoms with Crippen LogP contribution in [0.15, 0.2) is 0 Å². The predicted molar refractivity (Wildman–Crippen MR) is 45.0 cm³/mol. The van der Waals surface area contributed by atoms with E-state index in [-0.39, 0.29) is 18.3 Å². The normalized spacial score (nSPS) is 30.6. The lowest BCUT2D eigenvalue weighted by Crippen LogP contribution is -2.39. The monoisotopic (exact) mass is 179 g/mol. The zero-order chi connectivity index (χ0) is 7.56. The van der Waals surface area contributed by atoms with Gasteiger partial charge in [-0.05, 0) is 18.9 Å². The number of rotatable bonds is 1. The average Bonchev–Trinajstić information content (AvgIpc) is 1.88. The highest BCUT2D eigenvalue weighted by Gasteiger charge is 2.26. The molecule has 66 valence electrons. The largest absolute Gasteiger partial charge is 0.481 e. The van der Waals surface area contributed by atoms with Gasteiger partial charge in [0.05, 0.1) is 5.92 Å². The van der Waals surface area contributed by atoms with E-state index >= 15 is 0 Å². The second kappa shape index (κ2) is 4.57. The van der Waals surface area contributed by atoms with Crippen molar-refractivity contribution in [1.29, 1.82) is 0 Å². The molecular formula is C7H14ClNO2. The Balaban J connectivity index is 0.000001000. The Kier molecular flexibility index (Phi) is 4.45. The van der Waals surface area contributed by atoms with Crippen LogP contribution in [0, 0.1) is 11.8 Å². The number of carbonyl (C=O) groups is 1. The summed E-state index contributed by atoms with van der Waals surface area (Å²) in [4.78, 5) is 10.5. The van der Waals surface area contributed by atoms with Crippen molar-refractivity contribution in [3.63, 3.8) is 0 Å². The van der Waals surface area contributed by atoms with Gasteiger partial charge >= 0.3 is 5.97 Å². The third-order valence-corrected chi connectivity index (χ3v) is 2.14. The highest BCUT2D eigenvalue weighted by molar-refractivity contribution is 5.85. The Hall–Kier alpha value is -0.280. The molecule has 0 bridgehead atoms. The van der Waals surface area contributed by atoms with Crippen molar-refractivity contribution in [2.24, 2.45) is 11.8 Å². The molecule has 1 fully saturated rings. The van der Waals surface area contributed by atoms with Gasteiger partial charge in [-0.1, -0.05) is 6.92 Å². The van der Waals surface area contributed by atoms with Crippen LogP contribution in [0.4, 0.5) is 0 Å². The molecule has 0 aromatic carbocycles. The first-order valence-corrected chi connectivity index (χ1v) is 3.65. The number of carboxylic acid groups (broad SMARTS) is 1. The molecule has 0 radical (unpaired) electrons. The van der Waals surface area contributed by atoms with Crippen LogP contribution in [-0.4, -0.2) is 24.2 Å². The molecule has 0 aliphatic carbocycles. The second-order valence-electron chi connectivity index (χ2n) is 2.91. The van der Waals surface area contributed by atoms with E-state index < -0.39 is 5.97 Å². The minimum atomic E-state index is -0.667. The summed E-state index contributed by atoms with van der Waals surface area (Å²) in [7, 11) is 0. The van der Waals surface area contributed by atoms with Gasteiger partial charge in [0.2, 0.25) is 0 Å². The zero-order valence-corrected chi connectivity index (χ0v) is 7.36. The van der Waals surface area contributed by atoms with E-state index in [2.05, 4.69) is 5.32 Å². The summed E-state index contributed by atoms with van der Waals surface area (Å²) >= 11 is 0. The Bertz CT molecular complexity index is 140. The number of halogens is 1. The lowest BCUT2D eigenvalue weighted by molar-refractivity contribution is -0.143. The minimum Gasteiger partial charge on any atom is -0.481 e. The van der Waals surface area contributed by atoms with Crippen LogP contribution in [0.1, 0.15) is 13.3 Å². The number of hydrogen-bond donors (Lipinski definition) is 2. The molecule has 2 N–H and O–H groups in total. The summed E-state index contributed by atoms with van der Waals surface area (Å²) in [5, 5.41) is 11.7. The molecule has 1 aliphatic heterocycles. The van der Waals surface area contributed by atoms with Crippen LogP contribution >= 0.6 is 12.4 Å². The number of piperidine rings is 1. The molecule has 0 aromatic rings. The zero-order valence-electron chi connectivity index (χ0n) is 6.54. The number of nitrogens with one attached hydrogen (secondary N) is 1. The van der Waals surface area contributed by atoms with Crippen LogP contribution in [0.25, 0.3) is 0 Å². The molecule has 11 heavy (non-hydrogen) atoms. The summed E-state index contributed by atoms with van der Waals surface area (Å²) in [6, 6.07) is 0. The molecule has 2 atom stereocenters. The molecule has 0 saturated carbocycles. The third kappa shape index (κ3) is 2.67. The highest BCUT2D eigenvalue weighted by atomic mass is 35.5. The summed E-state index contributed by atoms with van der Waals surface area (Å²) < 4.78 is 0. The summed E-state index contributed by atoms with van der Waals surface area (Å²) in [6.07, 6.45) is 0.983. The van der Waals surface area contributed by atoms with E-state index in [1.54, 1.807) is 0 Å². The van der Waals surface area contributed by atoms with E-state index in [4.69, 9.17) is 5.11 Å². The molecule has 0 aromatic heterocycles. The van der Waals surface area contributed by atoms with Gasteiger partial charge in [-0.2, -0.15) is 0 Å². The first-order chi connectivity index (χ1) is 4.72. The molecule has 1 aliphatic rings. The van der Waals surface area contributed by atoms with Gasteiger partial charge in [-0.15, -0.1) is 12.4 Å². The van der Waals surface area contributed by atoms with Crippen molar-refractivity contribution < 1.29 is 9.90 Å². The van der Waals surface area contributed by atoms with Gasteiger partial charge in [-0.25, -0.2) is 0 Å². The molecule has 1 rings (SSSR count). The Morgan fingerprint density at radius 3 is 2.64 bits per heavy atom. The standard InChI is InChI=1S/C7H13NO2.ClH/c1-5-2-3-8-4-6(5)7(9)10;/h5-6,8H,2-4H2,1H3,(H,9,10);1H/t5-,6-;/m0./s1. The van der Waals surface area contributed by atoms with Crippen LogP contribution in [0.3, 0.4) is 0 Å². The highest BCUT2D eigenvalue weighted by Crippen LogP contribution is 2.17. The summed E-state index contributed by atoms with van der Waals surface area (Å²) in [5.41, 5.74) is 0. The van der Waals surface area contributed by atoms with Crippen LogP contribution < -0.4 is 5.32 Å². The third-order valence-electron chi connectivity index (χ3n) is 2.14. The lowest BCUT2D eigenvalue weighted by atomic mass is 9.88. The molecule has 0 amide bonds. The maximum Gasteiger partial charge on any atom is 0.308 e. The Morgan fingerprint density at radius 1 is 1.64 bits per heavy atom. The Morgan fingerprint density at radius 2 is 2.27 bits per heavy atom. The van der Waals surface area contributed by atoms with E-state index in [1.165, 1.54) is 0 Å². The van der Waals surface area contributed by atoms with Gasteiger partial charge < -0.3 is 10.4 Å².